The zero-order chi connectivity index (χ0) is 17.9. The van der Waals surface area contributed by atoms with Gasteiger partial charge in [-0.2, -0.15) is 5.10 Å². The lowest BCUT2D eigenvalue weighted by Crippen LogP contribution is -2.03. The topological polar surface area (TPSA) is 63.7 Å². The minimum atomic E-state index is 0.502. The molecule has 0 spiro atoms. The van der Waals surface area contributed by atoms with Gasteiger partial charge < -0.3 is 4.74 Å². The Morgan fingerprint density at radius 3 is 2.77 bits per heavy atom. The summed E-state index contributed by atoms with van der Waals surface area (Å²) in [6, 6.07) is 13.4. The van der Waals surface area contributed by atoms with Crippen LogP contribution in [0.3, 0.4) is 0 Å². The van der Waals surface area contributed by atoms with E-state index in [-0.39, 0.29) is 0 Å². The van der Waals surface area contributed by atoms with Crippen molar-refractivity contribution in [2.24, 2.45) is 0 Å². The van der Waals surface area contributed by atoms with Gasteiger partial charge in [-0.25, -0.2) is 0 Å². The summed E-state index contributed by atoms with van der Waals surface area (Å²) in [6.07, 6.45) is 4.22. The molecule has 130 valence electrons. The fourth-order valence-corrected chi connectivity index (χ4v) is 3.35. The molecular weight excluding hydrogens is 416 g/mol. The molecule has 0 bridgehead atoms. The Labute approximate surface area is 163 Å². The Kier molecular flexibility index (Phi) is 4.86. The molecule has 26 heavy (non-hydrogen) atoms. The number of hydrogen-bond donors (Lipinski definition) is 1. The largest absolute Gasteiger partial charge is 0.491 e. The van der Waals surface area contributed by atoms with Gasteiger partial charge in [0.25, 0.3) is 0 Å². The van der Waals surface area contributed by atoms with Gasteiger partial charge in [-0.3, -0.25) is 15.1 Å². The summed E-state index contributed by atoms with van der Waals surface area (Å²) < 4.78 is 6.75. The molecule has 0 saturated heterocycles. The van der Waals surface area contributed by atoms with E-state index in [2.05, 4.69) is 36.1 Å². The third-order valence-corrected chi connectivity index (χ3v) is 4.87. The number of halogens is 2. The predicted molar refractivity (Wildman–Crippen MR) is 105 cm³/mol. The van der Waals surface area contributed by atoms with Crippen LogP contribution in [0.1, 0.15) is 5.69 Å². The van der Waals surface area contributed by atoms with Crippen molar-refractivity contribution >= 4 is 38.4 Å². The van der Waals surface area contributed by atoms with Crippen molar-refractivity contribution in [3.63, 3.8) is 0 Å². The van der Waals surface area contributed by atoms with Crippen molar-refractivity contribution < 1.29 is 4.74 Å². The van der Waals surface area contributed by atoms with Crippen LogP contribution in [0, 0.1) is 0 Å². The molecule has 0 amide bonds. The van der Waals surface area contributed by atoms with Crippen LogP contribution in [0.15, 0.2) is 59.5 Å². The highest BCUT2D eigenvalue weighted by Crippen LogP contribution is 2.36. The SMILES string of the molecule is Clc1cccnc1-c1cc(OCCc2ccccn2)c2[nH]nc(Br)c2c1. The van der Waals surface area contributed by atoms with E-state index in [4.69, 9.17) is 16.3 Å². The first kappa shape index (κ1) is 17.0. The monoisotopic (exact) mass is 428 g/mol. The van der Waals surface area contributed by atoms with Gasteiger partial charge in [-0.15, -0.1) is 0 Å². The molecule has 1 N–H and O–H groups in total. The summed E-state index contributed by atoms with van der Waals surface area (Å²) in [5, 5.41) is 8.74. The van der Waals surface area contributed by atoms with Crippen LogP contribution in [0.4, 0.5) is 0 Å². The summed E-state index contributed by atoms with van der Waals surface area (Å²) in [6.45, 7) is 0.502. The molecule has 0 saturated carbocycles. The van der Waals surface area contributed by atoms with Crippen molar-refractivity contribution in [3.05, 3.63) is 70.2 Å². The number of H-pyrrole nitrogens is 1. The molecular formula is C19H14BrClN4O. The van der Waals surface area contributed by atoms with Gasteiger partial charge >= 0.3 is 0 Å². The van der Waals surface area contributed by atoms with Gasteiger partial charge in [0.15, 0.2) is 0 Å². The molecule has 3 aromatic heterocycles. The third kappa shape index (κ3) is 3.43. The number of aromatic amines is 1. The lowest BCUT2D eigenvalue weighted by molar-refractivity contribution is 0.324. The van der Waals surface area contributed by atoms with E-state index in [1.165, 1.54) is 0 Å². The molecule has 4 aromatic rings. The van der Waals surface area contributed by atoms with E-state index in [9.17, 15) is 0 Å². The van der Waals surface area contributed by atoms with E-state index in [1.54, 1.807) is 12.4 Å². The van der Waals surface area contributed by atoms with Gasteiger partial charge in [0.05, 0.1) is 17.3 Å². The zero-order valence-corrected chi connectivity index (χ0v) is 16.0. The first-order valence-electron chi connectivity index (χ1n) is 8.03. The summed E-state index contributed by atoms with van der Waals surface area (Å²) >= 11 is 9.78. The van der Waals surface area contributed by atoms with Crippen molar-refractivity contribution in [1.82, 2.24) is 20.2 Å². The number of nitrogens with one attached hydrogen (secondary N) is 1. The standard InChI is InChI=1S/C19H14BrClN4O/c20-19-14-10-12(17-15(21)5-3-8-23-17)11-16(18(14)24-25-19)26-9-6-13-4-1-2-7-22-13/h1-5,7-8,10-11H,6,9H2,(H,24,25). The molecule has 7 heteroatoms. The number of fused-ring (bicyclic) bond motifs is 1. The van der Waals surface area contributed by atoms with E-state index in [0.29, 0.717) is 29.5 Å². The summed E-state index contributed by atoms with van der Waals surface area (Å²) in [5.41, 5.74) is 3.39. The first-order chi connectivity index (χ1) is 12.7. The van der Waals surface area contributed by atoms with Crippen LogP contribution >= 0.6 is 27.5 Å². The van der Waals surface area contributed by atoms with Gasteiger partial charge in [0, 0.05) is 35.5 Å². The second-order valence-electron chi connectivity index (χ2n) is 5.66. The maximum absolute atomic E-state index is 6.31. The summed E-state index contributed by atoms with van der Waals surface area (Å²) in [4.78, 5) is 8.71. The fourth-order valence-electron chi connectivity index (χ4n) is 2.72. The van der Waals surface area contributed by atoms with E-state index < -0.39 is 0 Å². The highest BCUT2D eigenvalue weighted by Gasteiger charge is 2.14. The van der Waals surface area contributed by atoms with E-state index in [1.807, 2.05) is 42.5 Å². The second-order valence-corrected chi connectivity index (χ2v) is 6.82. The maximum Gasteiger partial charge on any atom is 0.145 e. The van der Waals surface area contributed by atoms with Crippen LogP contribution in [0.25, 0.3) is 22.2 Å². The lowest BCUT2D eigenvalue weighted by atomic mass is 10.1. The lowest BCUT2D eigenvalue weighted by Gasteiger charge is -2.10. The average molecular weight is 430 g/mol. The number of aromatic nitrogens is 4. The molecule has 0 aliphatic rings. The molecule has 0 radical (unpaired) electrons. The summed E-state index contributed by atoms with van der Waals surface area (Å²) in [7, 11) is 0. The Morgan fingerprint density at radius 2 is 1.96 bits per heavy atom. The first-order valence-corrected chi connectivity index (χ1v) is 9.20. The number of rotatable bonds is 5. The third-order valence-electron chi connectivity index (χ3n) is 3.96. The Hall–Kier alpha value is -2.44. The summed E-state index contributed by atoms with van der Waals surface area (Å²) in [5.74, 6) is 0.702. The highest BCUT2D eigenvalue weighted by atomic mass is 79.9. The predicted octanol–water partition coefficient (Wildman–Crippen LogP) is 5.06. The van der Waals surface area contributed by atoms with Crippen LogP contribution in [0.5, 0.6) is 5.75 Å². The minimum absolute atomic E-state index is 0.502. The van der Waals surface area contributed by atoms with Crippen LogP contribution in [-0.2, 0) is 6.42 Å². The highest BCUT2D eigenvalue weighted by molar-refractivity contribution is 9.10. The number of nitrogens with zero attached hydrogens (tertiary/aromatic N) is 3. The van der Waals surface area contributed by atoms with Crippen LogP contribution < -0.4 is 4.74 Å². The van der Waals surface area contributed by atoms with Crippen molar-refractivity contribution in [3.8, 4) is 17.0 Å². The van der Waals surface area contributed by atoms with Gasteiger partial charge in [-0.1, -0.05) is 17.7 Å². The normalized spacial score (nSPS) is 11.0. The quantitative estimate of drug-likeness (QED) is 0.482. The Morgan fingerprint density at radius 1 is 1.08 bits per heavy atom. The zero-order valence-electron chi connectivity index (χ0n) is 13.6. The van der Waals surface area contributed by atoms with Gasteiger partial charge in [-0.05, 0) is 52.3 Å². The average Bonchev–Trinajstić information content (AvgIpc) is 3.04. The van der Waals surface area contributed by atoms with E-state index >= 15 is 0 Å². The van der Waals surface area contributed by atoms with Gasteiger partial charge in [0.2, 0.25) is 0 Å². The fraction of sp³-hybridized carbons (Fsp3) is 0.105. The molecule has 0 aliphatic heterocycles. The Bertz CT molecular complexity index is 1050. The maximum atomic E-state index is 6.31. The second kappa shape index (κ2) is 7.43. The van der Waals surface area contributed by atoms with Crippen LogP contribution in [-0.4, -0.2) is 26.8 Å². The van der Waals surface area contributed by atoms with Crippen LogP contribution in [0.2, 0.25) is 5.02 Å². The van der Waals surface area contributed by atoms with Crippen molar-refractivity contribution in [1.29, 1.82) is 0 Å². The molecule has 0 atom stereocenters. The molecule has 5 nitrogen and oxygen atoms in total. The number of pyridine rings is 2. The minimum Gasteiger partial charge on any atom is -0.491 e. The molecule has 0 unspecified atom stereocenters. The number of hydrogen-bond acceptors (Lipinski definition) is 4. The number of ether oxygens (including phenoxy) is 1. The Balaban J connectivity index is 1.68. The van der Waals surface area contributed by atoms with Crippen molar-refractivity contribution in [2.45, 2.75) is 6.42 Å². The molecule has 1 aromatic carbocycles. The molecule has 3 heterocycles. The molecule has 4 rings (SSSR count). The van der Waals surface area contributed by atoms with Crippen molar-refractivity contribution in [2.75, 3.05) is 6.61 Å². The van der Waals surface area contributed by atoms with Gasteiger partial charge in [0.1, 0.15) is 15.9 Å². The number of benzene rings is 1. The molecule has 0 aliphatic carbocycles. The smallest absolute Gasteiger partial charge is 0.145 e. The molecule has 0 fully saturated rings. The van der Waals surface area contributed by atoms with E-state index in [0.717, 1.165) is 26.8 Å².